The lowest BCUT2D eigenvalue weighted by Crippen LogP contribution is -2.29. The number of alkyl halides is 3. The fraction of sp³-hybridized carbons (Fsp3) is 0.200. The molecular weight excluding hydrogens is 450 g/mol. The van der Waals surface area contributed by atoms with Crippen LogP contribution < -0.4 is 10.1 Å². The second kappa shape index (κ2) is 9.54. The van der Waals surface area contributed by atoms with Crippen LogP contribution in [0, 0.1) is 5.82 Å². The maximum atomic E-state index is 13.9. The largest absolute Gasteiger partial charge is 0.494 e. The maximum Gasteiger partial charge on any atom is 0.449 e. The first-order chi connectivity index (χ1) is 16.2. The van der Waals surface area contributed by atoms with Crippen molar-refractivity contribution < 1.29 is 27.1 Å². The topological polar surface area (TPSA) is 67.0 Å². The molecule has 5 nitrogen and oxygen atoms in total. The summed E-state index contributed by atoms with van der Waals surface area (Å²) in [5.41, 5.74) is 2.40. The molecule has 1 amide bonds. The zero-order valence-corrected chi connectivity index (χ0v) is 18.1. The number of hydrogen-bond acceptors (Lipinski definition) is 3. The summed E-state index contributed by atoms with van der Waals surface area (Å²) >= 11 is 0. The molecule has 4 rings (SSSR count). The molecule has 0 spiro atoms. The number of nitrogens with one attached hydrogen (secondary N) is 2. The molecule has 1 aromatic heterocycles. The lowest BCUT2D eigenvalue weighted by atomic mass is 9.97. The van der Waals surface area contributed by atoms with Crippen LogP contribution in [0.1, 0.15) is 35.0 Å². The van der Waals surface area contributed by atoms with Crippen molar-refractivity contribution in [2.24, 2.45) is 0 Å². The average Bonchev–Trinajstić information content (AvgIpc) is 3.26. The number of methoxy groups -OCH3 is 1. The van der Waals surface area contributed by atoms with Crippen molar-refractivity contribution in [3.8, 4) is 5.75 Å². The Kier molecular flexibility index (Phi) is 6.54. The van der Waals surface area contributed by atoms with Crippen LogP contribution in [0.2, 0.25) is 0 Å². The van der Waals surface area contributed by atoms with Gasteiger partial charge >= 0.3 is 6.18 Å². The number of aromatic amines is 1. The Morgan fingerprint density at radius 1 is 1.06 bits per heavy atom. The van der Waals surface area contributed by atoms with Gasteiger partial charge in [-0.3, -0.25) is 4.79 Å². The Morgan fingerprint density at radius 2 is 1.82 bits per heavy atom. The Balaban J connectivity index is 1.56. The molecule has 1 heterocycles. The minimum Gasteiger partial charge on any atom is -0.494 e. The van der Waals surface area contributed by atoms with Gasteiger partial charge in [0, 0.05) is 6.42 Å². The molecule has 0 bridgehead atoms. The van der Waals surface area contributed by atoms with Gasteiger partial charge in [0.2, 0.25) is 11.7 Å². The van der Waals surface area contributed by atoms with Gasteiger partial charge in [-0.25, -0.2) is 9.37 Å². The number of carbonyl (C=O) groups excluding carboxylic acids is 1. The normalized spacial score (nSPS) is 12.5. The summed E-state index contributed by atoms with van der Waals surface area (Å²) < 4.78 is 57.9. The monoisotopic (exact) mass is 471 g/mol. The summed E-state index contributed by atoms with van der Waals surface area (Å²) in [5, 5.41) is 2.94. The van der Waals surface area contributed by atoms with E-state index in [0.29, 0.717) is 17.5 Å². The smallest absolute Gasteiger partial charge is 0.449 e. The number of fused-ring (bicyclic) bond motifs is 1. The maximum absolute atomic E-state index is 13.9. The second-order valence-corrected chi connectivity index (χ2v) is 7.74. The summed E-state index contributed by atoms with van der Waals surface area (Å²) in [5.74, 6) is -1.74. The molecule has 0 aliphatic rings. The number of amides is 1. The quantitative estimate of drug-likeness (QED) is 0.347. The van der Waals surface area contributed by atoms with Gasteiger partial charge in [0.1, 0.15) is 0 Å². The standard InChI is InChI=1S/C25H21F4N3O2/c1-34-21-11-7-15(13-18(21)26)8-12-22(33)32-23(16-5-3-2-4-6-16)17-9-10-19-20(14-17)31-24(30-19)25(27,28)29/h2-7,9-11,13-14,23H,8,12H2,1H3,(H,30,31)(H,32,33). The third kappa shape index (κ3) is 5.19. The third-order valence-corrected chi connectivity index (χ3v) is 5.40. The molecule has 176 valence electrons. The highest BCUT2D eigenvalue weighted by atomic mass is 19.4. The van der Waals surface area contributed by atoms with Crippen molar-refractivity contribution in [3.05, 3.63) is 95.1 Å². The first-order valence-electron chi connectivity index (χ1n) is 10.5. The molecule has 3 aromatic carbocycles. The number of ether oxygens (including phenoxy) is 1. The van der Waals surface area contributed by atoms with Gasteiger partial charge in [0.25, 0.3) is 0 Å². The fourth-order valence-corrected chi connectivity index (χ4v) is 3.70. The molecule has 0 saturated heterocycles. The van der Waals surface area contributed by atoms with Gasteiger partial charge in [0.05, 0.1) is 24.2 Å². The van der Waals surface area contributed by atoms with Crippen LogP contribution >= 0.6 is 0 Å². The first kappa shape index (κ1) is 23.3. The van der Waals surface area contributed by atoms with Crippen LogP contribution in [-0.2, 0) is 17.4 Å². The van der Waals surface area contributed by atoms with E-state index in [1.165, 1.54) is 25.3 Å². The Bertz CT molecular complexity index is 1300. The Morgan fingerprint density at radius 3 is 2.50 bits per heavy atom. The number of aryl methyl sites for hydroxylation is 1. The molecule has 0 radical (unpaired) electrons. The molecule has 0 aliphatic carbocycles. The molecule has 0 saturated carbocycles. The lowest BCUT2D eigenvalue weighted by molar-refractivity contribution is -0.144. The highest BCUT2D eigenvalue weighted by Crippen LogP contribution is 2.30. The third-order valence-electron chi connectivity index (χ3n) is 5.40. The number of halogens is 4. The fourth-order valence-electron chi connectivity index (χ4n) is 3.70. The van der Waals surface area contributed by atoms with E-state index in [2.05, 4.69) is 15.3 Å². The number of benzene rings is 3. The molecule has 9 heteroatoms. The minimum absolute atomic E-state index is 0.0969. The number of hydrogen-bond donors (Lipinski definition) is 2. The number of carbonyl (C=O) groups is 1. The molecule has 0 fully saturated rings. The average molecular weight is 471 g/mol. The van der Waals surface area contributed by atoms with E-state index in [1.54, 1.807) is 18.2 Å². The van der Waals surface area contributed by atoms with Crippen LogP contribution in [0.5, 0.6) is 5.75 Å². The van der Waals surface area contributed by atoms with Crippen molar-refractivity contribution in [2.75, 3.05) is 7.11 Å². The van der Waals surface area contributed by atoms with Gasteiger partial charge in [-0.15, -0.1) is 0 Å². The van der Waals surface area contributed by atoms with Crippen molar-refractivity contribution in [1.29, 1.82) is 0 Å². The summed E-state index contributed by atoms with van der Waals surface area (Å²) in [6.45, 7) is 0. The van der Waals surface area contributed by atoms with Crippen molar-refractivity contribution >= 4 is 16.9 Å². The highest BCUT2D eigenvalue weighted by Gasteiger charge is 2.34. The van der Waals surface area contributed by atoms with Gasteiger partial charge in [-0.1, -0.05) is 42.5 Å². The van der Waals surface area contributed by atoms with Crippen LogP contribution in [-0.4, -0.2) is 23.0 Å². The van der Waals surface area contributed by atoms with Gasteiger partial charge in [-0.05, 0) is 47.4 Å². The molecule has 4 aromatic rings. The van der Waals surface area contributed by atoms with Gasteiger partial charge in [-0.2, -0.15) is 13.2 Å². The first-order valence-corrected chi connectivity index (χ1v) is 10.5. The molecule has 0 aliphatic heterocycles. The summed E-state index contributed by atoms with van der Waals surface area (Å²) in [4.78, 5) is 18.7. The van der Waals surface area contributed by atoms with E-state index in [9.17, 15) is 22.4 Å². The lowest BCUT2D eigenvalue weighted by Gasteiger charge is -2.20. The van der Waals surface area contributed by atoms with Crippen LogP contribution in [0.15, 0.2) is 66.7 Å². The van der Waals surface area contributed by atoms with E-state index in [-0.39, 0.29) is 29.1 Å². The van der Waals surface area contributed by atoms with E-state index < -0.39 is 23.9 Å². The number of rotatable bonds is 7. The van der Waals surface area contributed by atoms with Gasteiger partial charge in [0.15, 0.2) is 11.6 Å². The van der Waals surface area contributed by atoms with Crippen molar-refractivity contribution in [2.45, 2.75) is 25.1 Å². The molecular formula is C25H21F4N3O2. The zero-order chi connectivity index (χ0) is 24.3. The molecule has 2 N–H and O–H groups in total. The van der Waals surface area contributed by atoms with E-state index >= 15 is 0 Å². The Labute approximate surface area is 192 Å². The molecule has 1 unspecified atom stereocenters. The number of nitrogens with zero attached hydrogens (tertiary/aromatic N) is 1. The summed E-state index contributed by atoms with van der Waals surface area (Å²) in [7, 11) is 1.37. The highest BCUT2D eigenvalue weighted by molar-refractivity contribution is 5.79. The summed E-state index contributed by atoms with van der Waals surface area (Å²) in [6, 6.07) is 17.7. The number of aromatic nitrogens is 2. The number of imidazole rings is 1. The Hall–Kier alpha value is -3.88. The van der Waals surface area contributed by atoms with Crippen LogP contribution in [0.25, 0.3) is 11.0 Å². The van der Waals surface area contributed by atoms with Crippen LogP contribution in [0.3, 0.4) is 0 Å². The minimum atomic E-state index is -4.59. The van der Waals surface area contributed by atoms with E-state index in [4.69, 9.17) is 4.74 Å². The van der Waals surface area contributed by atoms with Crippen molar-refractivity contribution in [1.82, 2.24) is 15.3 Å². The summed E-state index contributed by atoms with van der Waals surface area (Å²) in [6.07, 6.45) is -4.18. The number of H-pyrrole nitrogens is 1. The van der Waals surface area contributed by atoms with E-state index in [1.807, 2.05) is 30.3 Å². The predicted molar refractivity (Wildman–Crippen MR) is 119 cm³/mol. The SMILES string of the molecule is COc1ccc(CCC(=O)NC(c2ccccc2)c2ccc3nc(C(F)(F)F)[nH]c3c2)cc1F. The van der Waals surface area contributed by atoms with E-state index in [0.717, 1.165) is 5.56 Å². The zero-order valence-electron chi connectivity index (χ0n) is 18.1. The molecule has 1 atom stereocenters. The molecule has 34 heavy (non-hydrogen) atoms. The van der Waals surface area contributed by atoms with Crippen LogP contribution in [0.4, 0.5) is 17.6 Å². The van der Waals surface area contributed by atoms with Gasteiger partial charge < -0.3 is 15.0 Å². The predicted octanol–water partition coefficient (Wildman–Crippen LogP) is 5.57. The second-order valence-electron chi connectivity index (χ2n) is 7.74. The van der Waals surface area contributed by atoms with Crippen molar-refractivity contribution in [3.63, 3.8) is 0 Å².